The second-order valence-electron chi connectivity index (χ2n) is 9.56. The van der Waals surface area contributed by atoms with Gasteiger partial charge in [-0.3, -0.25) is 14.6 Å². The highest BCUT2D eigenvalue weighted by atomic mass is 16.7. The molecule has 7 heteroatoms. The van der Waals surface area contributed by atoms with E-state index < -0.39 is 5.92 Å². The smallest absolute Gasteiger partial charge is 0.232 e. The highest BCUT2D eigenvalue weighted by molar-refractivity contribution is 6.10. The first kappa shape index (κ1) is 20.2. The molecule has 0 saturated carbocycles. The second kappa shape index (κ2) is 7.48. The van der Waals surface area contributed by atoms with Crippen LogP contribution in [0, 0.1) is 11.3 Å². The van der Waals surface area contributed by atoms with Crippen LogP contribution in [-0.2, 0) is 14.3 Å². The Hall–Kier alpha value is -2.67. The maximum atomic E-state index is 13.7. The highest BCUT2D eigenvalue weighted by Crippen LogP contribution is 2.49. The first-order valence-corrected chi connectivity index (χ1v) is 10.9. The first-order valence-electron chi connectivity index (χ1n) is 10.9. The van der Waals surface area contributed by atoms with Gasteiger partial charge in [-0.15, -0.1) is 0 Å². The molecule has 5 rings (SSSR count). The van der Waals surface area contributed by atoms with E-state index in [0.29, 0.717) is 49.8 Å². The van der Waals surface area contributed by atoms with Gasteiger partial charge in [-0.25, -0.2) is 0 Å². The van der Waals surface area contributed by atoms with Crippen molar-refractivity contribution >= 4 is 17.4 Å². The van der Waals surface area contributed by atoms with Crippen LogP contribution in [0.5, 0.6) is 11.5 Å². The van der Waals surface area contributed by atoms with Gasteiger partial charge in [0.25, 0.3) is 0 Å². The molecule has 1 saturated heterocycles. The minimum Gasteiger partial charge on any atom is -0.454 e. The number of fused-ring (bicyclic) bond motifs is 1. The Morgan fingerprint density at radius 1 is 1.13 bits per heavy atom. The zero-order chi connectivity index (χ0) is 21.8. The van der Waals surface area contributed by atoms with Crippen molar-refractivity contribution in [2.24, 2.45) is 16.3 Å². The zero-order valence-corrected chi connectivity index (χ0v) is 18.3. The normalized spacial score (nSPS) is 27.1. The van der Waals surface area contributed by atoms with E-state index in [1.54, 1.807) is 0 Å². The fourth-order valence-corrected chi connectivity index (χ4v) is 5.21. The summed E-state index contributed by atoms with van der Waals surface area (Å²) in [6.07, 6.45) is 1.19. The summed E-state index contributed by atoms with van der Waals surface area (Å²) < 4.78 is 16.5. The van der Waals surface area contributed by atoms with Crippen molar-refractivity contribution < 1.29 is 23.8 Å². The molecule has 1 aromatic carbocycles. The van der Waals surface area contributed by atoms with Gasteiger partial charge in [0.1, 0.15) is 0 Å². The van der Waals surface area contributed by atoms with Crippen LogP contribution in [0.2, 0.25) is 0 Å². The number of ether oxygens (including phenoxy) is 3. The second-order valence-corrected chi connectivity index (χ2v) is 9.56. The number of morpholine rings is 1. The molecule has 1 fully saturated rings. The van der Waals surface area contributed by atoms with Crippen molar-refractivity contribution in [2.45, 2.75) is 39.5 Å². The first-order chi connectivity index (χ1) is 14.8. The number of allylic oxidation sites excluding steroid dienone is 2. The number of hydrogen-bond donors (Lipinski definition) is 0. The van der Waals surface area contributed by atoms with Gasteiger partial charge in [-0.2, -0.15) is 0 Å². The van der Waals surface area contributed by atoms with E-state index in [1.165, 1.54) is 0 Å². The van der Waals surface area contributed by atoms with Crippen LogP contribution in [0.15, 0.2) is 34.5 Å². The van der Waals surface area contributed by atoms with Gasteiger partial charge in [0, 0.05) is 42.4 Å². The average Bonchev–Trinajstić information content (AvgIpc) is 3.20. The Bertz CT molecular complexity index is 1000. The van der Waals surface area contributed by atoms with Crippen LogP contribution in [-0.4, -0.2) is 55.4 Å². The summed E-state index contributed by atoms with van der Waals surface area (Å²) in [5, 5.41) is 0. The average molecular weight is 424 g/mol. The molecule has 3 heterocycles. The number of carbonyl (C=O) groups excluding carboxylic acids is 2. The largest absolute Gasteiger partial charge is 0.454 e. The molecule has 164 valence electrons. The lowest BCUT2D eigenvalue weighted by Crippen LogP contribution is -2.48. The molecular weight excluding hydrogens is 396 g/mol. The van der Waals surface area contributed by atoms with Crippen molar-refractivity contribution in [1.29, 1.82) is 0 Å². The van der Waals surface area contributed by atoms with Gasteiger partial charge in [0.15, 0.2) is 17.3 Å². The molecule has 31 heavy (non-hydrogen) atoms. The summed E-state index contributed by atoms with van der Waals surface area (Å²) in [4.78, 5) is 33.8. The van der Waals surface area contributed by atoms with Crippen molar-refractivity contribution in [2.75, 3.05) is 33.1 Å². The molecule has 0 N–H and O–H groups in total. The Balaban J connectivity index is 1.62. The lowest BCUT2D eigenvalue weighted by atomic mass is 9.66. The van der Waals surface area contributed by atoms with E-state index in [2.05, 4.69) is 13.8 Å². The number of aliphatic imine (C=N–C) groups is 1. The minimum atomic E-state index is -0.512. The number of ketones is 1. The van der Waals surface area contributed by atoms with E-state index in [9.17, 15) is 9.59 Å². The van der Waals surface area contributed by atoms with E-state index in [1.807, 2.05) is 30.0 Å². The van der Waals surface area contributed by atoms with Crippen molar-refractivity contribution in [3.8, 4) is 11.5 Å². The van der Waals surface area contributed by atoms with Gasteiger partial charge < -0.3 is 19.1 Å². The maximum Gasteiger partial charge on any atom is 0.232 e. The standard InChI is InChI=1S/C24H28N2O5/c1-14-20(23(28)26-6-8-29-9-7-26)21(15-4-5-18-19(10-15)31-13-30-18)22-16(25-14)11-24(2,3)12-17(22)27/h4-5,10,20-21H,6-9,11-13H2,1-3H3/t20?,21-/m0/s1. The molecule has 0 aromatic heterocycles. The van der Waals surface area contributed by atoms with Crippen LogP contribution in [0.3, 0.4) is 0 Å². The molecule has 0 spiro atoms. The SMILES string of the molecule is CC1=NC2=C(C(=O)CC(C)(C)C2)[C@@H](c2ccc3c(c2)OCO3)C1C(=O)N1CCOCC1. The van der Waals surface area contributed by atoms with E-state index in [-0.39, 0.29) is 29.8 Å². The van der Waals surface area contributed by atoms with Gasteiger partial charge in [-0.1, -0.05) is 19.9 Å². The molecule has 0 radical (unpaired) electrons. The number of carbonyl (C=O) groups is 2. The molecular formula is C24H28N2O5. The van der Waals surface area contributed by atoms with Gasteiger partial charge in [-0.05, 0) is 36.5 Å². The lowest BCUT2D eigenvalue weighted by molar-refractivity contribution is -0.138. The Labute approximate surface area is 182 Å². The molecule has 1 aliphatic carbocycles. The van der Waals surface area contributed by atoms with Crippen molar-refractivity contribution in [3.05, 3.63) is 35.0 Å². The van der Waals surface area contributed by atoms with Crippen LogP contribution in [0.1, 0.15) is 45.1 Å². The fourth-order valence-electron chi connectivity index (χ4n) is 5.21. The summed E-state index contributed by atoms with van der Waals surface area (Å²) in [7, 11) is 0. The molecule has 7 nitrogen and oxygen atoms in total. The molecule has 1 aromatic rings. The lowest BCUT2D eigenvalue weighted by Gasteiger charge is -2.41. The van der Waals surface area contributed by atoms with E-state index >= 15 is 0 Å². The topological polar surface area (TPSA) is 77.4 Å². The number of nitrogens with zero attached hydrogens (tertiary/aromatic N) is 2. The monoisotopic (exact) mass is 424 g/mol. The van der Waals surface area contributed by atoms with Crippen LogP contribution in [0.4, 0.5) is 0 Å². The summed E-state index contributed by atoms with van der Waals surface area (Å²) in [5.41, 5.74) is 3.04. The quantitative estimate of drug-likeness (QED) is 0.729. The Kier molecular flexibility index (Phi) is 4.88. The minimum absolute atomic E-state index is 0.0106. The predicted molar refractivity (Wildman–Crippen MR) is 114 cm³/mol. The number of benzene rings is 1. The van der Waals surface area contributed by atoms with Crippen LogP contribution in [0.25, 0.3) is 0 Å². The summed E-state index contributed by atoms with van der Waals surface area (Å²) >= 11 is 0. The van der Waals surface area contributed by atoms with E-state index in [0.717, 1.165) is 23.4 Å². The van der Waals surface area contributed by atoms with Crippen LogP contribution < -0.4 is 9.47 Å². The molecule has 2 atom stereocenters. The third-order valence-corrected chi connectivity index (χ3v) is 6.65. The maximum absolute atomic E-state index is 13.7. The Morgan fingerprint density at radius 2 is 1.87 bits per heavy atom. The molecule has 1 unspecified atom stereocenters. The Morgan fingerprint density at radius 3 is 2.65 bits per heavy atom. The van der Waals surface area contributed by atoms with Gasteiger partial charge >= 0.3 is 0 Å². The third kappa shape index (κ3) is 3.55. The third-order valence-electron chi connectivity index (χ3n) is 6.65. The fraction of sp³-hybridized carbons (Fsp3) is 0.542. The highest BCUT2D eigenvalue weighted by Gasteiger charge is 2.46. The number of rotatable bonds is 2. The van der Waals surface area contributed by atoms with Crippen LogP contribution >= 0.6 is 0 Å². The molecule has 0 bridgehead atoms. The van der Waals surface area contributed by atoms with Crippen molar-refractivity contribution in [3.63, 3.8) is 0 Å². The van der Waals surface area contributed by atoms with Crippen molar-refractivity contribution in [1.82, 2.24) is 4.90 Å². The number of Topliss-reactive ketones (excluding diaryl/α,β-unsaturated/α-hetero) is 1. The summed E-state index contributed by atoms with van der Waals surface area (Å²) in [6, 6.07) is 5.74. The summed E-state index contributed by atoms with van der Waals surface area (Å²) in [5.74, 6) is 0.553. The molecule has 3 aliphatic heterocycles. The zero-order valence-electron chi connectivity index (χ0n) is 18.3. The molecule has 1 amide bonds. The van der Waals surface area contributed by atoms with Gasteiger partial charge in [0.2, 0.25) is 12.7 Å². The predicted octanol–water partition coefficient (Wildman–Crippen LogP) is 3.09. The summed E-state index contributed by atoms with van der Waals surface area (Å²) in [6.45, 7) is 8.47. The van der Waals surface area contributed by atoms with Gasteiger partial charge in [0.05, 0.1) is 19.1 Å². The number of hydrogen-bond acceptors (Lipinski definition) is 6. The number of amides is 1. The van der Waals surface area contributed by atoms with E-state index in [4.69, 9.17) is 19.2 Å². The molecule has 4 aliphatic rings.